The van der Waals surface area contributed by atoms with Gasteiger partial charge in [-0.25, -0.2) is 9.89 Å². The van der Waals surface area contributed by atoms with Crippen molar-refractivity contribution in [2.45, 2.75) is 26.4 Å². The topological polar surface area (TPSA) is 143 Å². The van der Waals surface area contributed by atoms with E-state index in [1.165, 1.54) is 0 Å². The molecular formula is C23H26Cl2N8O3. The second-order valence-corrected chi connectivity index (χ2v) is 10.0. The van der Waals surface area contributed by atoms with Crippen LogP contribution in [-0.4, -0.2) is 51.5 Å². The van der Waals surface area contributed by atoms with Gasteiger partial charge in [-0.15, -0.1) is 5.10 Å². The van der Waals surface area contributed by atoms with Crippen LogP contribution in [0.25, 0.3) is 11.1 Å². The van der Waals surface area contributed by atoms with Gasteiger partial charge in [-0.2, -0.15) is 4.98 Å². The van der Waals surface area contributed by atoms with Crippen LogP contribution < -0.4 is 15.9 Å². The highest BCUT2D eigenvalue weighted by molar-refractivity contribution is 6.39. The van der Waals surface area contributed by atoms with Crippen molar-refractivity contribution in [1.29, 1.82) is 0 Å². The number of hydrogen-bond donors (Lipinski definition) is 3. The van der Waals surface area contributed by atoms with Crippen molar-refractivity contribution in [3.05, 3.63) is 46.4 Å². The number of ether oxygens (including phenoxy) is 2. The van der Waals surface area contributed by atoms with Crippen LogP contribution in [0.4, 0.5) is 22.4 Å². The molecule has 1 aliphatic rings. The third kappa shape index (κ3) is 6.35. The van der Waals surface area contributed by atoms with Crippen LogP contribution in [0.3, 0.4) is 0 Å². The molecule has 13 heteroatoms. The maximum absolute atomic E-state index is 12.0. The summed E-state index contributed by atoms with van der Waals surface area (Å²) in [6.45, 7) is 7.30. The van der Waals surface area contributed by atoms with E-state index < -0.39 is 5.60 Å². The number of aromatic nitrogens is 3. The van der Waals surface area contributed by atoms with Gasteiger partial charge in [-0.05, 0) is 50.6 Å². The molecule has 0 spiro atoms. The summed E-state index contributed by atoms with van der Waals surface area (Å²) in [5, 5.41) is 17.1. The molecule has 0 unspecified atom stereocenters. The normalized spacial score (nSPS) is 14.1. The summed E-state index contributed by atoms with van der Waals surface area (Å²) >= 11 is 13.1. The molecule has 1 amide bonds. The van der Waals surface area contributed by atoms with Crippen molar-refractivity contribution in [1.82, 2.24) is 20.1 Å². The van der Waals surface area contributed by atoms with Crippen LogP contribution in [0.2, 0.25) is 10.0 Å². The minimum absolute atomic E-state index is 0.161. The van der Waals surface area contributed by atoms with E-state index in [1.807, 2.05) is 45.0 Å². The first-order chi connectivity index (χ1) is 17.1. The molecule has 0 saturated carbocycles. The smallest absolute Gasteiger partial charge is 0.410 e. The lowest BCUT2D eigenvalue weighted by Crippen LogP contribution is -2.53. The molecule has 2 heterocycles. The summed E-state index contributed by atoms with van der Waals surface area (Å²) in [5.41, 5.74) is 1.63. The Hall–Kier alpha value is -3.57. The number of halogens is 2. The molecule has 0 radical (unpaired) electrons. The average molecular weight is 533 g/mol. The number of nitrogens with zero attached hydrogens (tertiary/aromatic N) is 5. The van der Waals surface area contributed by atoms with Gasteiger partial charge in [0, 0.05) is 30.3 Å². The second-order valence-electron chi connectivity index (χ2n) is 9.22. The number of likely N-dealkylation sites (tertiary alicyclic amines) is 1. The largest absolute Gasteiger partial charge is 0.493 e. The number of aromatic amines is 1. The Balaban J connectivity index is 1.33. The second kappa shape index (κ2) is 10.6. The van der Waals surface area contributed by atoms with Gasteiger partial charge in [0.15, 0.2) is 0 Å². The van der Waals surface area contributed by atoms with Gasteiger partial charge in [0.25, 0.3) is 5.95 Å². The fourth-order valence-corrected chi connectivity index (χ4v) is 4.25. The predicted octanol–water partition coefficient (Wildman–Crippen LogP) is 5.73. The van der Waals surface area contributed by atoms with Gasteiger partial charge in [0.05, 0.1) is 16.7 Å². The van der Waals surface area contributed by atoms with Crippen molar-refractivity contribution < 1.29 is 14.3 Å². The highest BCUT2D eigenvalue weighted by Gasteiger charge is 2.34. The summed E-state index contributed by atoms with van der Waals surface area (Å²) in [4.78, 5) is 17.8. The predicted molar refractivity (Wildman–Crippen MR) is 137 cm³/mol. The first-order valence-corrected chi connectivity index (χ1v) is 11.9. The van der Waals surface area contributed by atoms with Gasteiger partial charge in [0.2, 0.25) is 5.95 Å². The van der Waals surface area contributed by atoms with Crippen LogP contribution in [0.1, 0.15) is 20.8 Å². The SMILES string of the molecule is CC(C)(C)OC(=O)N1CC(COc2ccc(-c3c(Cl)cc(Nc4n[nH]c(N=NN)n4)cc3Cl)cc2)C1. The van der Waals surface area contributed by atoms with Gasteiger partial charge in [0.1, 0.15) is 11.4 Å². The van der Waals surface area contributed by atoms with E-state index in [2.05, 4.69) is 30.8 Å². The minimum atomic E-state index is -0.498. The Labute approximate surface area is 218 Å². The number of rotatable bonds is 7. The van der Waals surface area contributed by atoms with Crippen LogP contribution >= 0.6 is 23.2 Å². The van der Waals surface area contributed by atoms with Crippen molar-refractivity contribution in [2.75, 3.05) is 25.0 Å². The van der Waals surface area contributed by atoms with E-state index in [-0.39, 0.29) is 23.9 Å². The number of amides is 1. The van der Waals surface area contributed by atoms with Crippen LogP contribution in [0.15, 0.2) is 46.7 Å². The van der Waals surface area contributed by atoms with Crippen LogP contribution in [-0.2, 0) is 4.74 Å². The van der Waals surface area contributed by atoms with Crippen LogP contribution in [0.5, 0.6) is 5.75 Å². The molecule has 1 saturated heterocycles. The Morgan fingerprint density at radius 1 is 1.22 bits per heavy atom. The lowest BCUT2D eigenvalue weighted by atomic mass is 10.0. The summed E-state index contributed by atoms with van der Waals surface area (Å²) in [7, 11) is 0. The monoisotopic (exact) mass is 532 g/mol. The number of hydrogen-bond acceptors (Lipinski definition) is 8. The molecule has 190 valence electrons. The zero-order chi connectivity index (χ0) is 25.9. The number of benzene rings is 2. The molecule has 36 heavy (non-hydrogen) atoms. The number of nitrogens with two attached hydrogens (primary N) is 1. The van der Waals surface area contributed by atoms with Gasteiger partial charge < -0.3 is 25.5 Å². The van der Waals surface area contributed by atoms with E-state index in [9.17, 15) is 4.79 Å². The summed E-state index contributed by atoms with van der Waals surface area (Å²) in [6, 6.07) is 11.0. The average Bonchev–Trinajstić information content (AvgIpc) is 3.19. The highest BCUT2D eigenvalue weighted by Crippen LogP contribution is 2.38. The molecule has 4 N–H and O–H groups in total. The van der Waals surface area contributed by atoms with Crippen molar-refractivity contribution in [2.24, 2.45) is 22.1 Å². The molecule has 3 aromatic rings. The minimum Gasteiger partial charge on any atom is -0.493 e. The zero-order valence-corrected chi connectivity index (χ0v) is 21.5. The van der Waals surface area contributed by atoms with E-state index in [1.54, 1.807) is 17.0 Å². The van der Waals surface area contributed by atoms with Crippen LogP contribution in [0, 0.1) is 5.92 Å². The van der Waals surface area contributed by atoms with E-state index in [0.717, 1.165) is 11.3 Å². The number of carbonyl (C=O) groups excluding carboxylic acids is 1. The summed E-state index contributed by atoms with van der Waals surface area (Å²) in [5.74, 6) is 6.41. The lowest BCUT2D eigenvalue weighted by molar-refractivity contribution is -0.00781. The Morgan fingerprint density at radius 3 is 2.50 bits per heavy atom. The highest BCUT2D eigenvalue weighted by atomic mass is 35.5. The Bertz CT molecular complexity index is 1230. The molecule has 1 aliphatic heterocycles. The molecule has 1 aromatic heterocycles. The molecule has 0 atom stereocenters. The van der Waals surface area contributed by atoms with Gasteiger partial charge >= 0.3 is 6.09 Å². The van der Waals surface area contributed by atoms with Gasteiger partial charge in [-0.3, -0.25) is 0 Å². The number of nitrogens with one attached hydrogen (secondary N) is 2. The molecule has 4 rings (SSSR count). The molecule has 0 bridgehead atoms. The first kappa shape index (κ1) is 25.5. The zero-order valence-electron chi connectivity index (χ0n) is 20.0. The summed E-state index contributed by atoms with van der Waals surface area (Å²) in [6.07, 6.45) is -0.290. The van der Waals surface area contributed by atoms with E-state index >= 15 is 0 Å². The number of anilines is 2. The fraction of sp³-hybridized carbons (Fsp3) is 0.348. The molecule has 0 aliphatic carbocycles. The standard InChI is InChI=1S/C23H26Cl2N8O3/c1-23(2,3)36-22(34)33-10-13(11-33)12-35-16-6-4-14(5-7-16)19-17(24)8-15(9-18(19)25)27-20-28-21(30-29-20)31-32-26/h4-9,13H,10-12H2,1-3H3,(H4,26,27,28,29,30,31). The Morgan fingerprint density at radius 2 is 1.89 bits per heavy atom. The van der Waals surface area contributed by atoms with Crippen molar-refractivity contribution in [3.8, 4) is 16.9 Å². The fourth-order valence-electron chi connectivity index (χ4n) is 3.54. The number of carbonyl (C=O) groups is 1. The maximum atomic E-state index is 12.0. The molecular weight excluding hydrogens is 507 g/mol. The third-order valence-electron chi connectivity index (χ3n) is 5.16. The quantitative estimate of drug-likeness (QED) is 0.200. The Kier molecular flexibility index (Phi) is 7.51. The van der Waals surface area contributed by atoms with Crippen molar-refractivity contribution in [3.63, 3.8) is 0 Å². The molecule has 2 aromatic carbocycles. The van der Waals surface area contributed by atoms with Gasteiger partial charge in [-0.1, -0.05) is 45.7 Å². The van der Waals surface area contributed by atoms with E-state index in [0.29, 0.717) is 41.0 Å². The summed E-state index contributed by atoms with van der Waals surface area (Å²) < 4.78 is 11.3. The molecule has 11 nitrogen and oxygen atoms in total. The first-order valence-electron chi connectivity index (χ1n) is 11.1. The van der Waals surface area contributed by atoms with Crippen molar-refractivity contribution >= 4 is 46.9 Å². The van der Waals surface area contributed by atoms with E-state index in [4.69, 9.17) is 38.5 Å². The molecule has 1 fully saturated rings. The lowest BCUT2D eigenvalue weighted by Gasteiger charge is -2.39. The maximum Gasteiger partial charge on any atom is 0.410 e. The third-order valence-corrected chi connectivity index (χ3v) is 5.76. The number of H-pyrrole nitrogens is 1.